The molecule has 0 radical (unpaired) electrons. The summed E-state index contributed by atoms with van der Waals surface area (Å²) in [6.45, 7) is 8.14. The van der Waals surface area contributed by atoms with Crippen LogP contribution in [0.3, 0.4) is 0 Å². The third kappa shape index (κ3) is 7.16. The van der Waals surface area contributed by atoms with Crippen molar-refractivity contribution in [3.63, 3.8) is 0 Å². The number of esters is 1. The van der Waals surface area contributed by atoms with Crippen molar-refractivity contribution in [3.8, 4) is 0 Å². The molecule has 3 heteroatoms. The summed E-state index contributed by atoms with van der Waals surface area (Å²) in [6, 6.07) is 7.97. The summed E-state index contributed by atoms with van der Waals surface area (Å²) in [4.78, 5) is 11.7. The molecule has 1 aromatic carbocycles. The molecular formula is C18H29NO2. The highest BCUT2D eigenvalue weighted by molar-refractivity contribution is 5.89. The van der Waals surface area contributed by atoms with Crippen LogP contribution in [0, 0.1) is 0 Å². The highest BCUT2D eigenvalue weighted by Crippen LogP contribution is 2.14. The van der Waals surface area contributed by atoms with Crippen molar-refractivity contribution in [3.05, 3.63) is 29.8 Å². The number of carbonyl (C=O) groups excluding carboxylic acids is 1. The van der Waals surface area contributed by atoms with E-state index in [1.54, 1.807) is 0 Å². The van der Waals surface area contributed by atoms with Crippen molar-refractivity contribution < 1.29 is 9.53 Å². The fourth-order valence-corrected chi connectivity index (χ4v) is 2.22. The van der Waals surface area contributed by atoms with Gasteiger partial charge in [-0.3, -0.25) is 0 Å². The molecule has 0 fully saturated rings. The zero-order chi connectivity index (χ0) is 15.7. The van der Waals surface area contributed by atoms with Gasteiger partial charge >= 0.3 is 5.97 Å². The lowest BCUT2D eigenvalue weighted by Crippen LogP contribution is -2.15. The molecule has 118 valence electrons. The van der Waals surface area contributed by atoms with Gasteiger partial charge < -0.3 is 10.1 Å². The average molecular weight is 291 g/mol. The van der Waals surface area contributed by atoms with Gasteiger partial charge in [0, 0.05) is 11.7 Å². The highest BCUT2D eigenvalue weighted by atomic mass is 16.5. The minimum atomic E-state index is -0.260. The molecule has 1 N–H and O–H groups in total. The Hall–Kier alpha value is -1.51. The first-order valence-corrected chi connectivity index (χ1v) is 8.10. The van der Waals surface area contributed by atoms with Crippen LogP contribution in [0.4, 0.5) is 5.69 Å². The third-order valence-electron chi connectivity index (χ3n) is 3.37. The molecule has 0 spiro atoms. The minimum absolute atomic E-state index is 0.0848. The van der Waals surface area contributed by atoms with Crippen LogP contribution in [0.15, 0.2) is 24.3 Å². The predicted molar refractivity (Wildman–Crippen MR) is 88.8 cm³/mol. The fraction of sp³-hybridized carbons (Fsp3) is 0.611. The van der Waals surface area contributed by atoms with E-state index >= 15 is 0 Å². The Morgan fingerprint density at radius 3 is 2.33 bits per heavy atom. The molecule has 0 aliphatic rings. The summed E-state index contributed by atoms with van der Waals surface area (Å²) in [5.41, 5.74) is 1.66. The molecule has 21 heavy (non-hydrogen) atoms. The first-order chi connectivity index (χ1) is 10.0. The molecule has 1 rings (SSSR count). The smallest absolute Gasteiger partial charge is 0.338 e. The van der Waals surface area contributed by atoms with E-state index in [0.29, 0.717) is 11.6 Å². The summed E-state index contributed by atoms with van der Waals surface area (Å²) in [6.07, 6.45) is 6.26. The number of ether oxygens (including phenoxy) is 1. The molecule has 0 aliphatic heterocycles. The maximum absolute atomic E-state index is 11.7. The molecule has 3 nitrogen and oxygen atoms in total. The van der Waals surface area contributed by atoms with Crippen LogP contribution in [0.2, 0.25) is 0 Å². The Balaban J connectivity index is 2.41. The van der Waals surface area contributed by atoms with E-state index < -0.39 is 0 Å². The van der Waals surface area contributed by atoms with Gasteiger partial charge in [-0.2, -0.15) is 0 Å². The Kier molecular flexibility index (Phi) is 7.88. The summed E-state index contributed by atoms with van der Waals surface area (Å²) < 4.78 is 5.17. The van der Waals surface area contributed by atoms with Crippen LogP contribution in [0.1, 0.15) is 70.2 Å². The summed E-state index contributed by atoms with van der Waals surface area (Å²) in [5, 5.41) is 3.47. The van der Waals surface area contributed by atoms with E-state index in [0.717, 1.165) is 5.69 Å². The van der Waals surface area contributed by atoms with Gasteiger partial charge in [-0.25, -0.2) is 4.79 Å². The number of anilines is 1. The first-order valence-electron chi connectivity index (χ1n) is 8.10. The summed E-state index contributed by atoms with van der Waals surface area (Å²) in [7, 11) is 0. The zero-order valence-corrected chi connectivity index (χ0v) is 13.8. The van der Waals surface area contributed by atoms with E-state index in [9.17, 15) is 4.79 Å². The lowest BCUT2D eigenvalue weighted by molar-refractivity contribution is 0.0378. The molecule has 0 heterocycles. The van der Waals surface area contributed by atoms with Gasteiger partial charge in [-0.15, -0.1) is 0 Å². The van der Waals surface area contributed by atoms with Crippen molar-refractivity contribution in [1.82, 2.24) is 0 Å². The number of rotatable bonds is 9. The molecule has 0 amide bonds. The lowest BCUT2D eigenvalue weighted by Gasteiger charge is -2.15. The second kappa shape index (κ2) is 9.43. The Morgan fingerprint density at radius 1 is 1.10 bits per heavy atom. The van der Waals surface area contributed by atoms with E-state index in [2.05, 4.69) is 19.2 Å². The predicted octanol–water partition coefficient (Wildman–Crippen LogP) is 5.02. The number of benzene rings is 1. The van der Waals surface area contributed by atoms with Gasteiger partial charge in [0.25, 0.3) is 0 Å². The zero-order valence-electron chi connectivity index (χ0n) is 13.8. The maximum atomic E-state index is 11.7. The van der Waals surface area contributed by atoms with E-state index in [4.69, 9.17) is 4.74 Å². The van der Waals surface area contributed by atoms with E-state index in [-0.39, 0.29) is 12.1 Å². The molecule has 1 unspecified atom stereocenters. The van der Waals surface area contributed by atoms with Crippen molar-refractivity contribution in [2.75, 3.05) is 5.32 Å². The SMILES string of the molecule is CCCCCCC(C)Nc1ccc(C(=O)OC(C)C)cc1. The Labute approximate surface area is 129 Å². The molecule has 0 aliphatic carbocycles. The van der Waals surface area contributed by atoms with Crippen LogP contribution in [-0.4, -0.2) is 18.1 Å². The second-order valence-corrected chi connectivity index (χ2v) is 5.93. The van der Waals surface area contributed by atoms with Crippen molar-refractivity contribution in [2.24, 2.45) is 0 Å². The molecular weight excluding hydrogens is 262 g/mol. The van der Waals surface area contributed by atoms with Crippen molar-refractivity contribution in [2.45, 2.75) is 71.9 Å². The number of unbranched alkanes of at least 4 members (excludes halogenated alkanes) is 3. The van der Waals surface area contributed by atoms with E-state index in [1.807, 2.05) is 38.1 Å². The largest absolute Gasteiger partial charge is 0.459 e. The maximum Gasteiger partial charge on any atom is 0.338 e. The molecule has 1 aromatic rings. The quantitative estimate of drug-likeness (QED) is 0.512. The normalized spacial score (nSPS) is 12.2. The van der Waals surface area contributed by atoms with Gasteiger partial charge in [-0.1, -0.05) is 32.6 Å². The molecule has 0 saturated heterocycles. The number of carbonyl (C=O) groups is 1. The third-order valence-corrected chi connectivity index (χ3v) is 3.37. The Morgan fingerprint density at radius 2 is 1.76 bits per heavy atom. The number of nitrogens with one attached hydrogen (secondary N) is 1. The van der Waals surface area contributed by atoms with Gasteiger partial charge in [-0.05, 0) is 51.5 Å². The van der Waals surface area contributed by atoms with Gasteiger partial charge in [0.2, 0.25) is 0 Å². The Bertz CT molecular complexity index is 412. The second-order valence-electron chi connectivity index (χ2n) is 5.93. The topological polar surface area (TPSA) is 38.3 Å². The van der Waals surface area contributed by atoms with Crippen molar-refractivity contribution >= 4 is 11.7 Å². The van der Waals surface area contributed by atoms with Gasteiger partial charge in [0.05, 0.1) is 11.7 Å². The minimum Gasteiger partial charge on any atom is -0.459 e. The van der Waals surface area contributed by atoms with Crippen LogP contribution < -0.4 is 5.32 Å². The number of hydrogen-bond donors (Lipinski definition) is 1. The fourth-order valence-electron chi connectivity index (χ4n) is 2.22. The molecule has 0 bridgehead atoms. The molecule has 0 aromatic heterocycles. The molecule has 1 atom stereocenters. The van der Waals surface area contributed by atoms with Crippen LogP contribution in [0.5, 0.6) is 0 Å². The van der Waals surface area contributed by atoms with Crippen LogP contribution in [0.25, 0.3) is 0 Å². The van der Waals surface area contributed by atoms with Crippen LogP contribution >= 0.6 is 0 Å². The average Bonchev–Trinajstić information content (AvgIpc) is 2.43. The van der Waals surface area contributed by atoms with Gasteiger partial charge in [0.15, 0.2) is 0 Å². The van der Waals surface area contributed by atoms with E-state index in [1.165, 1.54) is 32.1 Å². The van der Waals surface area contributed by atoms with Crippen molar-refractivity contribution in [1.29, 1.82) is 0 Å². The summed E-state index contributed by atoms with van der Waals surface area (Å²) in [5.74, 6) is -0.260. The van der Waals surface area contributed by atoms with Gasteiger partial charge in [0.1, 0.15) is 0 Å². The molecule has 0 saturated carbocycles. The number of hydrogen-bond acceptors (Lipinski definition) is 3. The highest BCUT2D eigenvalue weighted by Gasteiger charge is 2.09. The monoisotopic (exact) mass is 291 g/mol. The lowest BCUT2D eigenvalue weighted by atomic mass is 10.1. The standard InChI is InChI=1S/C18H29NO2/c1-5-6-7-8-9-15(4)19-17-12-10-16(11-13-17)18(20)21-14(2)3/h10-15,19H,5-9H2,1-4H3. The summed E-state index contributed by atoms with van der Waals surface area (Å²) >= 11 is 0. The first kappa shape index (κ1) is 17.5. The van der Waals surface area contributed by atoms with Crippen LogP contribution in [-0.2, 0) is 4.74 Å².